The SMILES string of the molecule is CCC(CC)NC(=O)COC(=O)[C@@H](N=C1NS(=O)(=O)c2ccccc21)C(C)C. The molecule has 0 saturated heterocycles. The largest absolute Gasteiger partial charge is 0.454 e. The third kappa shape index (κ3) is 5.09. The van der Waals surface area contributed by atoms with E-state index in [0.29, 0.717) is 5.56 Å². The molecule has 0 aliphatic carbocycles. The van der Waals surface area contributed by atoms with Gasteiger partial charge in [0.15, 0.2) is 12.6 Å². The van der Waals surface area contributed by atoms with Gasteiger partial charge in [0.1, 0.15) is 5.84 Å². The smallest absolute Gasteiger partial charge is 0.331 e. The van der Waals surface area contributed by atoms with Gasteiger partial charge in [0, 0.05) is 11.6 Å². The van der Waals surface area contributed by atoms with Gasteiger partial charge in [0.05, 0.1) is 4.90 Å². The lowest BCUT2D eigenvalue weighted by Gasteiger charge is -2.18. The Bertz CT molecular complexity index is 860. The first-order valence-corrected chi connectivity index (χ1v) is 10.8. The Labute approximate surface area is 165 Å². The van der Waals surface area contributed by atoms with E-state index in [4.69, 9.17) is 4.74 Å². The van der Waals surface area contributed by atoms with Gasteiger partial charge in [-0.3, -0.25) is 14.5 Å². The second-order valence-electron chi connectivity index (χ2n) is 6.96. The summed E-state index contributed by atoms with van der Waals surface area (Å²) < 4.78 is 31.9. The van der Waals surface area contributed by atoms with Gasteiger partial charge in [-0.15, -0.1) is 0 Å². The van der Waals surface area contributed by atoms with Crippen molar-refractivity contribution >= 4 is 27.7 Å². The molecule has 0 aromatic heterocycles. The van der Waals surface area contributed by atoms with Crippen molar-refractivity contribution < 1.29 is 22.7 Å². The summed E-state index contributed by atoms with van der Waals surface area (Å²) in [5.74, 6) is -1.19. The minimum atomic E-state index is -3.69. The number of rotatable bonds is 8. The van der Waals surface area contributed by atoms with Gasteiger partial charge >= 0.3 is 5.97 Å². The lowest BCUT2D eigenvalue weighted by Crippen LogP contribution is -2.38. The summed E-state index contributed by atoms with van der Waals surface area (Å²) in [4.78, 5) is 28.9. The molecule has 1 atom stereocenters. The fourth-order valence-corrected chi connectivity index (χ4v) is 4.07. The van der Waals surface area contributed by atoms with E-state index in [1.807, 2.05) is 13.8 Å². The van der Waals surface area contributed by atoms with Gasteiger partial charge in [0.25, 0.3) is 15.9 Å². The molecule has 2 N–H and O–H groups in total. The van der Waals surface area contributed by atoms with Crippen molar-refractivity contribution in [2.24, 2.45) is 10.9 Å². The van der Waals surface area contributed by atoms with Crippen LogP contribution in [0.4, 0.5) is 0 Å². The summed E-state index contributed by atoms with van der Waals surface area (Å²) >= 11 is 0. The van der Waals surface area contributed by atoms with Gasteiger partial charge in [-0.1, -0.05) is 39.8 Å². The summed E-state index contributed by atoms with van der Waals surface area (Å²) in [6.45, 7) is 7.08. The molecule has 28 heavy (non-hydrogen) atoms. The number of esters is 1. The third-order valence-corrected chi connectivity index (χ3v) is 5.90. The Balaban J connectivity index is 2.13. The van der Waals surface area contributed by atoms with Crippen LogP contribution in [0.15, 0.2) is 34.2 Å². The van der Waals surface area contributed by atoms with E-state index < -0.39 is 28.6 Å². The number of nitrogens with one attached hydrogen (secondary N) is 2. The first kappa shape index (κ1) is 21.9. The molecule has 1 aliphatic heterocycles. The van der Waals surface area contributed by atoms with Crippen LogP contribution in [0.3, 0.4) is 0 Å². The van der Waals surface area contributed by atoms with Crippen molar-refractivity contribution in [3.8, 4) is 0 Å². The number of ether oxygens (including phenoxy) is 1. The molecule has 0 saturated carbocycles. The standard InChI is InChI=1S/C19H27N3O5S/c1-5-13(6-2)20-16(23)11-27-19(24)17(12(3)4)21-18-14-9-7-8-10-15(14)28(25,26)22-18/h7-10,12-13,17H,5-6,11H2,1-4H3,(H,20,23)(H,21,22)/t17-/m0/s1. The Morgan fingerprint density at radius 1 is 1.18 bits per heavy atom. The molecule has 1 aliphatic rings. The molecule has 9 heteroatoms. The van der Waals surface area contributed by atoms with Gasteiger partial charge in [-0.25, -0.2) is 13.2 Å². The van der Waals surface area contributed by atoms with Crippen LogP contribution in [0.2, 0.25) is 0 Å². The molecule has 1 heterocycles. The van der Waals surface area contributed by atoms with Crippen LogP contribution in [-0.4, -0.2) is 44.8 Å². The number of amides is 1. The summed E-state index contributed by atoms with van der Waals surface area (Å²) in [7, 11) is -3.69. The lowest BCUT2D eigenvalue weighted by molar-refractivity contribution is -0.150. The number of hydrogen-bond donors (Lipinski definition) is 2. The van der Waals surface area contributed by atoms with E-state index in [9.17, 15) is 18.0 Å². The third-order valence-electron chi connectivity index (χ3n) is 4.50. The quantitative estimate of drug-likeness (QED) is 0.633. The summed E-state index contributed by atoms with van der Waals surface area (Å²) in [5, 5.41) is 2.79. The van der Waals surface area contributed by atoms with Crippen LogP contribution < -0.4 is 10.0 Å². The first-order valence-electron chi connectivity index (χ1n) is 9.35. The van der Waals surface area contributed by atoms with Gasteiger partial charge in [-0.2, -0.15) is 0 Å². The average molecular weight is 410 g/mol. The molecule has 0 bridgehead atoms. The number of aliphatic imine (C=N–C) groups is 1. The van der Waals surface area contributed by atoms with E-state index in [1.165, 1.54) is 6.07 Å². The van der Waals surface area contributed by atoms with Crippen molar-refractivity contribution in [1.82, 2.24) is 10.0 Å². The number of benzene rings is 1. The van der Waals surface area contributed by atoms with Crippen LogP contribution in [0.5, 0.6) is 0 Å². The normalized spacial score (nSPS) is 17.3. The monoisotopic (exact) mass is 409 g/mol. The lowest BCUT2D eigenvalue weighted by atomic mass is 10.1. The Hall–Kier alpha value is -2.42. The highest BCUT2D eigenvalue weighted by Gasteiger charge is 2.33. The van der Waals surface area contributed by atoms with E-state index in [0.717, 1.165) is 12.8 Å². The summed E-state index contributed by atoms with van der Waals surface area (Å²) in [6.07, 6.45) is 1.58. The molecule has 0 unspecified atom stereocenters. The number of fused-ring (bicyclic) bond motifs is 1. The van der Waals surface area contributed by atoms with Crippen molar-refractivity contribution in [1.29, 1.82) is 0 Å². The number of hydrogen-bond acceptors (Lipinski definition) is 6. The topological polar surface area (TPSA) is 114 Å². The minimum absolute atomic E-state index is 0.0386. The minimum Gasteiger partial charge on any atom is -0.454 e. The highest BCUT2D eigenvalue weighted by atomic mass is 32.2. The molecule has 0 spiro atoms. The molecule has 1 amide bonds. The second kappa shape index (κ2) is 9.18. The van der Waals surface area contributed by atoms with Crippen molar-refractivity contribution in [2.45, 2.75) is 57.5 Å². The second-order valence-corrected chi connectivity index (χ2v) is 8.61. The number of nitrogens with zero attached hydrogens (tertiary/aromatic N) is 1. The van der Waals surface area contributed by atoms with Crippen molar-refractivity contribution in [2.75, 3.05) is 6.61 Å². The van der Waals surface area contributed by atoms with E-state index >= 15 is 0 Å². The molecule has 1 aromatic rings. The highest BCUT2D eigenvalue weighted by Crippen LogP contribution is 2.23. The zero-order chi connectivity index (χ0) is 20.9. The Morgan fingerprint density at radius 3 is 2.43 bits per heavy atom. The van der Waals surface area contributed by atoms with Gasteiger partial charge in [0.2, 0.25) is 0 Å². The summed E-state index contributed by atoms with van der Waals surface area (Å²) in [5.41, 5.74) is 0.410. The van der Waals surface area contributed by atoms with Crippen LogP contribution >= 0.6 is 0 Å². The molecular weight excluding hydrogens is 382 g/mol. The van der Waals surface area contributed by atoms with Gasteiger partial charge < -0.3 is 10.1 Å². The number of amidine groups is 1. The van der Waals surface area contributed by atoms with Crippen molar-refractivity contribution in [3.63, 3.8) is 0 Å². The number of carbonyl (C=O) groups excluding carboxylic acids is 2. The molecular formula is C19H27N3O5S. The Morgan fingerprint density at radius 2 is 1.82 bits per heavy atom. The zero-order valence-electron chi connectivity index (χ0n) is 16.6. The van der Waals surface area contributed by atoms with Crippen LogP contribution in [0.1, 0.15) is 46.1 Å². The number of sulfonamides is 1. The van der Waals surface area contributed by atoms with Gasteiger partial charge in [-0.05, 0) is 30.9 Å². The zero-order valence-corrected chi connectivity index (χ0v) is 17.4. The predicted molar refractivity (Wildman–Crippen MR) is 105 cm³/mol. The maximum Gasteiger partial charge on any atom is 0.331 e. The molecule has 0 fully saturated rings. The van der Waals surface area contributed by atoms with Crippen molar-refractivity contribution in [3.05, 3.63) is 29.8 Å². The molecule has 8 nitrogen and oxygen atoms in total. The van der Waals surface area contributed by atoms with E-state index in [1.54, 1.807) is 32.0 Å². The maximum absolute atomic E-state index is 12.5. The average Bonchev–Trinajstić information content (AvgIpc) is 2.92. The predicted octanol–water partition coefficient (Wildman–Crippen LogP) is 1.60. The first-order chi connectivity index (χ1) is 13.2. The number of carbonyl (C=O) groups is 2. The molecule has 2 rings (SSSR count). The molecule has 0 radical (unpaired) electrons. The van der Waals surface area contributed by atoms with E-state index in [2.05, 4.69) is 15.0 Å². The summed E-state index contributed by atoms with van der Waals surface area (Å²) in [6, 6.07) is 5.51. The van der Waals surface area contributed by atoms with Crippen LogP contribution in [0.25, 0.3) is 0 Å². The van der Waals surface area contributed by atoms with Crippen LogP contribution in [0, 0.1) is 5.92 Å². The van der Waals surface area contributed by atoms with Crippen LogP contribution in [-0.2, 0) is 24.3 Å². The fourth-order valence-electron chi connectivity index (χ4n) is 2.83. The fraction of sp³-hybridized carbons (Fsp3) is 0.526. The maximum atomic E-state index is 12.5. The molecule has 154 valence electrons. The molecule has 1 aromatic carbocycles. The highest BCUT2D eigenvalue weighted by molar-refractivity contribution is 7.90. The Kier molecular flexibility index (Phi) is 7.17. The van der Waals surface area contributed by atoms with E-state index in [-0.39, 0.29) is 28.6 Å².